The highest BCUT2D eigenvalue weighted by atomic mass is 16.7. The quantitative estimate of drug-likeness (QED) is 0.689. The Morgan fingerprint density at radius 1 is 1.41 bits per heavy atom. The van der Waals surface area contributed by atoms with Crippen LogP contribution in [0.4, 0.5) is 0 Å². The molecule has 0 aromatic carbocycles. The first kappa shape index (κ1) is 14.3. The topological polar surface area (TPSA) is 57.2 Å². The van der Waals surface area contributed by atoms with Crippen LogP contribution in [-0.2, 0) is 18.9 Å². The standard InChI is InChI=1S/C12H20O5/c1-5-6-16-12-8(2)10(14-3)11(15-4)9(7-13)17-12/h5,9-13H,1-2,6-7H2,3-4H3/t9-,10-,11+,12+/m1/s1. The lowest BCUT2D eigenvalue weighted by Crippen LogP contribution is -2.53. The van der Waals surface area contributed by atoms with Gasteiger partial charge in [0.25, 0.3) is 0 Å². The van der Waals surface area contributed by atoms with E-state index in [0.717, 1.165) is 0 Å². The van der Waals surface area contributed by atoms with Crippen LogP contribution in [0.15, 0.2) is 24.8 Å². The van der Waals surface area contributed by atoms with Crippen LogP contribution >= 0.6 is 0 Å². The molecule has 4 atom stereocenters. The number of hydrogen-bond acceptors (Lipinski definition) is 5. The summed E-state index contributed by atoms with van der Waals surface area (Å²) in [7, 11) is 3.10. The second kappa shape index (κ2) is 6.88. The molecule has 98 valence electrons. The Hall–Kier alpha value is -0.720. The van der Waals surface area contributed by atoms with E-state index in [0.29, 0.717) is 12.2 Å². The van der Waals surface area contributed by atoms with Crippen LogP contribution in [0, 0.1) is 0 Å². The van der Waals surface area contributed by atoms with Gasteiger partial charge in [-0.3, -0.25) is 0 Å². The van der Waals surface area contributed by atoms with Crippen LogP contribution in [0.2, 0.25) is 0 Å². The number of hydrogen-bond donors (Lipinski definition) is 1. The Morgan fingerprint density at radius 3 is 2.59 bits per heavy atom. The maximum atomic E-state index is 9.27. The molecule has 0 spiro atoms. The number of methoxy groups -OCH3 is 2. The van der Waals surface area contributed by atoms with Gasteiger partial charge in [0.05, 0.1) is 13.2 Å². The van der Waals surface area contributed by atoms with E-state index in [1.165, 1.54) is 0 Å². The van der Waals surface area contributed by atoms with Crippen molar-refractivity contribution in [2.75, 3.05) is 27.4 Å². The number of rotatable bonds is 6. The number of aliphatic hydroxyl groups is 1. The molecule has 0 radical (unpaired) electrons. The Balaban J connectivity index is 2.78. The molecule has 1 heterocycles. The smallest absolute Gasteiger partial charge is 0.183 e. The third-order valence-electron chi connectivity index (χ3n) is 2.70. The monoisotopic (exact) mass is 244 g/mol. The lowest BCUT2D eigenvalue weighted by Gasteiger charge is -2.40. The zero-order valence-corrected chi connectivity index (χ0v) is 10.3. The SMILES string of the molecule is C=CCO[C@H]1O[C@H](CO)[C@H](OC)[C@H](OC)C1=C. The molecule has 0 unspecified atom stereocenters. The highest BCUT2D eigenvalue weighted by Crippen LogP contribution is 2.28. The number of ether oxygens (including phenoxy) is 4. The minimum absolute atomic E-state index is 0.167. The summed E-state index contributed by atoms with van der Waals surface area (Å²) < 4.78 is 21.6. The van der Waals surface area contributed by atoms with Crippen molar-refractivity contribution in [3.05, 3.63) is 24.8 Å². The zero-order chi connectivity index (χ0) is 12.8. The molecule has 0 aliphatic carbocycles. The van der Waals surface area contributed by atoms with Gasteiger partial charge < -0.3 is 24.1 Å². The van der Waals surface area contributed by atoms with Crippen LogP contribution in [0.3, 0.4) is 0 Å². The van der Waals surface area contributed by atoms with Gasteiger partial charge in [0.15, 0.2) is 6.29 Å². The average molecular weight is 244 g/mol. The summed E-state index contributed by atoms with van der Waals surface area (Å²) in [5.41, 5.74) is 0.644. The summed E-state index contributed by atoms with van der Waals surface area (Å²) >= 11 is 0. The fourth-order valence-corrected chi connectivity index (χ4v) is 1.87. The molecular formula is C12H20O5. The Labute approximate surface area is 102 Å². The highest BCUT2D eigenvalue weighted by Gasteiger charge is 2.42. The first-order chi connectivity index (χ1) is 8.19. The number of aliphatic hydroxyl groups excluding tert-OH is 1. The van der Waals surface area contributed by atoms with Crippen molar-refractivity contribution >= 4 is 0 Å². The molecule has 17 heavy (non-hydrogen) atoms. The van der Waals surface area contributed by atoms with Crippen LogP contribution in [-0.4, -0.2) is 57.1 Å². The zero-order valence-electron chi connectivity index (χ0n) is 10.3. The third-order valence-corrected chi connectivity index (χ3v) is 2.70. The van der Waals surface area contributed by atoms with Gasteiger partial charge in [-0.15, -0.1) is 6.58 Å². The first-order valence-electron chi connectivity index (χ1n) is 5.42. The molecule has 0 amide bonds. The summed E-state index contributed by atoms with van der Waals surface area (Å²) in [6, 6.07) is 0. The van der Waals surface area contributed by atoms with Gasteiger partial charge in [0.1, 0.15) is 18.3 Å². The average Bonchev–Trinajstić information content (AvgIpc) is 2.36. The second-order valence-electron chi connectivity index (χ2n) is 3.74. The van der Waals surface area contributed by atoms with Crippen LogP contribution in [0.1, 0.15) is 0 Å². The van der Waals surface area contributed by atoms with Gasteiger partial charge in [-0.25, -0.2) is 0 Å². The van der Waals surface area contributed by atoms with Gasteiger partial charge in [0.2, 0.25) is 0 Å². The molecule has 0 aromatic rings. The summed E-state index contributed by atoms with van der Waals surface area (Å²) in [6.07, 6.45) is -0.233. The Kier molecular flexibility index (Phi) is 5.80. The van der Waals surface area contributed by atoms with Crippen LogP contribution in [0.25, 0.3) is 0 Å². The van der Waals surface area contributed by atoms with E-state index in [1.54, 1.807) is 20.3 Å². The fourth-order valence-electron chi connectivity index (χ4n) is 1.87. The van der Waals surface area contributed by atoms with Gasteiger partial charge in [0, 0.05) is 19.8 Å². The van der Waals surface area contributed by atoms with Gasteiger partial charge in [-0.1, -0.05) is 12.7 Å². The van der Waals surface area contributed by atoms with Crippen molar-refractivity contribution in [3.63, 3.8) is 0 Å². The minimum Gasteiger partial charge on any atom is -0.394 e. The molecule has 0 bridgehead atoms. The van der Waals surface area contributed by atoms with E-state index in [9.17, 15) is 5.11 Å². The Morgan fingerprint density at radius 2 is 2.12 bits per heavy atom. The van der Waals surface area contributed by atoms with Crippen molar-refractivity contribution < 1.29 is 24.1 Å². The maximum Gasteiger partial charge on any atom is 0.183 e. The van der Waals surface area contributed by atoms with Crippen LogP contribution < -0.4 is 0 Å². The van der Waals surface area contributed by atoms with Crippen molar-refractivity contribution in [2.45, 2.75) is 24.6 Å². The van der Waals surface area contributed by atoms with Crippen molar-refractivity contribution in [1.29, 1.82) is 0 Å². The Bertz CT molecular complexity index is 266. The van der Waals surface area contributed by atoms with E-state index in [1.807, 2.05) is 0 Å². The highest BCUT2D eigenvalue weighted by molar-refractivity contribution is 5.14. The summed E-state index contributed by atoms with van der Waals surface area (Å²) in [4.78, 5) is 0. The molecule has 0 aromatic heterocycles. The van der Waals surface area contributed by atoms with E-state index in [2.05, 4.69) is 13.2 Å². The fraction of sp³-hybridized carbons (Fsp3) is 0.667. The molecule has 5 nitrogen and oxygen atoms in total. The largest absolute Gasteiger partial charge is 0.394 e. The minimum atomic E-state index is -0.610. The molecule has 1 aliphatic heterocycles. The van der Waals surface area contributed by atoms with Crippen molar-refractivity contribution in [2.24, 2.45) is 0 Å². The first-order valence-corrected chi connectivity index (χ1v) is 5.42. The van der Waals surface area contributed by atoms with Crippen LogP contribution in [0.5, 0.6) is 0 Å². The van der Waals surface area contributed by atoms with Gasteiger partial charge in [-0.2, -0.15) is 0 Å². The summed E-state index contributed by atoms with van der Waals surface area (Å²) in [6.45, 7) is 7.64. The van der Waals surface area contributed by atoms with Gasteiger partial charge in [-0.05, 0) is 0 Å². The maximum absolute atomic E-state index is 9.27. The molecule has 5 heteroatoms. The summed E-state index contributed by atoms with van der Waals surface area (Å²) in [5, 5.41) is 9.27. The van der Waals surface area contributed by atoms with E-state index in [-0.39, 0.29) is 18.8 Å². The normalized spacial score (nSPS) is 33.7. The van der Waals surface area contributed by atoms with Gasteiger partial charge >= 0.3 is 0 Å². The molecule has 1 saturated heterocycles. The second-order valence-corrected chi connectivity index (χ2v) is 3.74. The van der Waals surface area contributed by atoms with E-state index >= 15 is 0 Å². The molecular weight excluding hydrogens is 224 g/mol. The van der Waals surface area contributed by atoms with E-state index < -0.39 is 12.4 Å². The van der Waals surface area contributed by atoms with E-state index in [4.69, 9.17) is 18.9 Å². The summed E-state index contributed by atoms with van der Waals surface area (Å²) in [5.74, 6) is 0. The molecule has 1 fully saturated rings. The lowest BCUT2D eigenvalue weighted by molar-refractivity contribution is -0.231. The molecule has 1 N–H and O–H groups in total. The predicted molar refractivity (Wildman–Crippen MR) is 62.6 cm³/mol. The third kappa shape index (κ3) is 3.14. The molecule has 1 aliphatic rings. The predicted octanol–water partition coefficient (Wildman–Crippen LogP) is 0.492. The lowest BCUT2D eigenvalue weighted by atomic mass is 9.97. The molecule has 0 saturated carbocycles. The molecule has 1 rings (SSSR count). The van der Waals surface area contributed by atoms with Crippen molar-refractivity contribution in [3.8, 4) is 0 Å². The van der Waals surface area contributed by atoms with Crippen molar-refractivity contribution in [1.82, 2.24) is 0 Å².